The highest BCUT2D eigenvalue weighted by molar-refractivity contribution is 8.01. The van der Waals surface area contributed by atoms with Crippen molar-refractivity contribution in [3.63, 3.8) is 0 Å². The molecular formula is C24H20N2O5S3. The van der Waals surface area contributed by atoms with Crippen LogP contribution in [0.15, 0.2) is 53.6 Å². The number of thiazole rings is 1. The van der Waals surface area contributed by atoms with Crippen LogP contribution in [0, 0.1) is 9.87 Å². The molecule has 2 aliphatic rings. The number of hydrogen-bond donors (Lipinski definition) is 1. The number of nitrogens with one attached hydrogen (secondary N) is 1. The third-order valence-electron chi connectivity index (χ3n) is 5.94. The Labute approximate surface area is 209 Å². The Morgan fingerprint density at radius 1 is 1.09 bits per heavy atom. The van der Waals surface area contributed by atoms with Crippen LogP contribution >= 0.6 is 35.3 Å². The smallest absolute Gasteiger partial charge is 0.338 e. The number of rotatable bonds is 5. The molecular weight excluding hydrogens is 492 g/mol. The summed E-state index contributed by atoms with van der Waals surface area (Å²) in [6.07, 6.45) is 0. The molecule has 1 fully saturated rings. The number of nitrogens with zero attached hydrogens (tertiary/aromatic N) is 1. The number of H-pyrrole nitrogens is 1. The molecule has 3 atom stereocenters. The van der Waals surface area contributed by atoms with E-state index in [1.54, 1.807) is 38.3 Å². The monoisotopic (exact) mass is 512 g/mol. The zero-order chi connectivity index (χ0) is 24.0. The van der Waals surface area contributed by atoms with E-state index in [0.717, 1.165) is 15.5 Å². The molecule has 0 spiro atoms. The van der Waals surface area contributed by atoms with Gasteiger partial charge < -0.3 is 14.5 Å². The predicted molar refractivity (Wildman–Crippen MR) is 132 cm³/mol. The number of hydrogen-bond acceptors (Lipinski definition) is 8. The number of methoxy groups -OCH3 is 1. The van der Waals surface area contributed by atoms with Crippen LogP contribution in [0.25, 0.3) is 0 Å². The third kappa shape index (κ3) is 3.75. The Bertz CT molecular complexity index is 1330. The standard InChI is InChI=1S/C24H20N2O5S3/c1-3-31-23(29)13-4-8-14(9-5-13)26-21(27)17-16(12-6-10-15(30-2)11-7-12)18-20(25-24(32)34-18)33-19(17)22(26)28/h4-11,16-17,19H,3H2,1-2H3,(H,25,32)/t16-,17+,19-/m1/s1. The van der Waals surface area contributed by atoms with Gasteiger partial charge in [0.05, 0.1) is 35.9 Å². The van der Waals surface area contributed by atoms with Crippen LogP contribution in [0.2, 0.25) is 0 Å². The minimum Gasteiger partial charge on any atom is -0.497 e. The number of ether oxygens (including phenoxy) is 2. The van der Waals surface area contributed by atoms with Crippen molar-refractivity contribution in [1.29, 1.82) is 0 Å². The van der Waals surface area contributed by atoms with Gasteiger partial charge in [-0.1, -0.05) is 23.9 Å². The lowest BCUT2D eigenvalue weighted by Crippen LogP contribution is -2.32. The van der Waals surface area contributed by atoms with Crippen molar-refractivity contribution < 1.29 is 23.9 Å². The molecule has 5 rings (SSSR count). The first kappa shape index (κ1) is 22.8. The summed E-state index contributed by atoms with van der Waals surface area (Å²) >= 11 is 8.17. The fraction of sp³-hybridized carbons (Fsp3) is 0.250. The summed E-state index contributed by atoms with van der Waals surface area (Å²) in [6, 6.07) is 13.9. The van der Waals surface area contributed by atoms with Crippen molar-refractivity contribution in [1.82, 2.24) is 4.98 Å². The molecule has 0 bridgehead atoms. The first-order valence-electron chi connectivity index (χ1n) is 10.6. The lowest BCUT2D eigenvalue weighted by atomic mass is 9.83. The van der Waals surface area contributed by atoms with E-state index in [-0.39, 0.29) is 24.3 Å². The minimum absolute atomic E-state index is 0.267. The van der Waals surface area contributed by atoms with Crippen molar-refractivity contribution in [2.75, 3.05) is 18.6 Å². The van der Waals surface area contributed by atoms with E-state index in [2.05, 4.69) is 4.98 Å². The van der Waals surface area contributed by atoms with Crippen LogP contribution in [0.1, 0.15) is 33.6 Å². The number of fused-ring (bicyclic) bond motifs is 2. The van der Waals surface area contributed by atoms with E-state index in [0.29, 0.717) is 21.0 Å². The molecule has 1 aromatic heterocycles. The normalized spacial score (nSPS) is 21.2. The molecule has 0 saturated carbocycles. The van der Waals surface area contributed by atoms with Gasteiger partial charge >= 0.3 is 5.97 Å². The first-order valence-corrected chi connectivity index (χ1v) is 12.7. The highest BCUT2D eigenvalue weighted by Gasteiger charge is 2.56. The van der Waals surface area contributed by atoms with Gasteiger partial charge in [0.25, 0.3) is 0 Å². The molecule has 10 heteroatoms. The molecule has 7 nitrogen and oxygen atoms in total. The molecule has 0 aliphatic carbocycles. The van der Waals surface area contributed by atoms with Crippen LogP contribution in [-0.4, -0.2) is 41.7 Å². The van der Waals surface area contributed by atoms with Crippen molar-refractivity contribution in [3.05, 3.63) is 68.5 Å². The molecule has 1 N–H and O–H groups in total. The Kier molecular flexibility index (Phi) is 6.05. The van der Waals surface area contributed by atoms with Gasteiger partial charge in [-0.15, -0.1) is 11.3 Å². The van der Waals surface area contributed by atoms with Gasteiger partial charge in [0.15, 0.2) is 3.95 Å². The van der Waals surface area contributed by atoms with E-state index in [4.69, 9.17) is 21.7 Å². The summed E-state index contributed by atoms with van der Waals surface area (Å²) in [5.41, 5.74) is 1.72. The number of aromatic amines is 1. The Hall–Kier alpha value is -2.95. The predicted octanol–water partition coefficient (Wildman–Crippen LogP) is 4.79. The summed E-state index contributed by atoms with van der Waals surface area (Å²) in [5, 5.41) is 0.245. The van der Waals surface area contributed by atoms with Crippen LogP contribution in [-0.2, 0) is 14.3 Å². The van der Waals surface area contributed by atoms with E-state index >= 15 is 0 Å². The number of amides is 2. The summed E-state index contributed by atoms with van der Waals surface area (Å²) < 4.78 is 10.9. The highest BCUT2D eigenvalue weighted by Crippen LogP contribution is 2.54. The third-order valence-corrected chi connectivity index (χ3v) is 8.69. The zero-order valence-corrected chi connectivity index (χ0v) is 20.7. The van der Waals surface area contributed by atoms with Gasteiger partial charge in [-0.3, -0.25) is 9.59 Å². The average Bonchev–Trinajstić information content (AvgIpc) is 3.34. The SMILES string of the molecule is CCOC(=O)c1ccc(N2C(=O)[C@H]3[C@@H](c4ccc(OC)cc4)c4sc(=S)[nH]c4S[C@H]3C2=O)cc1. The van der Waals surface area contributed by atoms with Crippen molar-refractivity contribution in [2.24, 2.45) is 5.92 Å². The molecule has 0 unspecified atom stereocenters. The lowest BCUT2D eigenvalue weighted by Gasteiger charge is -2.30. The van der Waals surface area contributed by atoms with E-state index in [9.17, 15) is 14.4 Å². The second-order valence-corrected chi connectivity index (χ2v) is 10.7. The van der Waals surface area contributed by atoms with Crippen molar-refractivity contribution in [3.8, 4) is 5.75 Å². The Balaban J connectivity index is 1.54. The van der Waals surface area contributed by atoms with Gasteiger partial charge in [0.2, 0.25) is 11.8 Å². The largest absolute Gasteiger partial charge is 0.497 e. The zero-order valence-electron chi connectivity index (χ0n) is 18.3. The molecule has 174 valence electrons. The summed E-state index contributed by atoms with van der Waals surface area (Å²) in [5.74, 6) is -1.17. The number of esters is 1. The molecule has 2 amide bonds. The first-order chi connectivity index (χ1) is 16.4. The number of imide groups is 1. The number of aromatic nitrogens is 1. The highest BCUT2D eigenvalue weighted by atomic mass is 32.2. The molecule has 2 aliphatic heterocycles. The van der Waals surface area contributed by atoms with Gasteiger partial charge in [-0.2, -0.15) is 0 Å². The van der Waals surface area contributed by atoms with Gasteiger partial charge in [0, 0.05) is 10.8 Å². The molecule has 0 radical (unpaired) electrons. The number of benzene rings is 2. The second-order valence-electron chi connectivity index (χ2n) is 7.80. The fourth-order valence-electron chi connectivity index (χ4n) is 4.40. The number of anilines is 1. The van der Waals surface area contributed by atoms with Crippen LogP contribution in [0.4, 0.5) is 5.69 Å². The van der Waals surface area contributed by atoms with E-state index in [1.807, 2.05) is 24.3 Å². The van der Waals surface area contributed by atoms with Crippen LogP contribution < -0.4 is 9.64 Å². The van der Waals surface area contributed by atoms with Crippen LogP contribution in [0.5, 0.6) is 5.75 Å². The average molecular weight is 513 g/mol. The topological polar surface area (TPSA) is 88.7 Å². The fourth-order valence-corrected chi connectivity index (χ4v) is 7.36. The number of carbonyl (C=O) groups excluding carboxylic acids is 3. The van der Waals surface area contributed by atoms with Crippen molar-refractivity contribution >= 4 is 58.8 Å². The minimum atomic E-state index is -0.586. The Morgan fingerprint density at radius 2 is 1.79 bits per heavy atom. The molecule has 1 saturated heterocycles. The number of carbonyl (C=O) groups is 3. The van der Waals surface area contributed by atoms with Crippen molar-refractivity contribution in [2.45, 2.75) is 23.1 Å². The van der Waals surface area contributed by atoms with Gasteiger partial charge in [-0.05, 0) is 61.1 Å². The maximum atomic E-state index is 13.7. The molecule has 2 aromatic carbocycles. The van der Waals surface area contributed by atoms with E-state index in [1.165, 1.54) is 28.0 Å². The summed E-state index contributed by atoms with van der Waals surface area (Å²) in [7, 11) is 1.60. The maximum Gasteiger partial charge on any atom is 0.338 e. The maximum absolute atomic E-state index is 13.7. The molecule has 34 heavy (non-hydrogen) atoms. The van der Waals surface area contributed by atoms with Gasteiger partial charge in [0.1, 0.15) is 11.0 Å². The van der Waals surface area contributed by atoms with Crippen LogP contribution in [0.3, 0.4) is 0 Å². The molecule has 3 aromatic rings. The Morgan fingerprint density at radius 3 is 2.44 bits per heavy atom. The van der Waals surface area contributed by atoms with Gasteiger partial charge in [-0.25, -0.2) is 9.69 Å². The lowest BCUT2D eigenvalue weighted by molar-refractivity contribution is -0.122. The summed E-state index contributed by atoms with van der Waals surface area (Å²) in [6.45, 7) is 2.00. The molecule has 3 heterocycles. The quantitative estimate of drug-likeness (QED) is 0.299. The van der Waals surface area contributed by atoms with E-state index < -0.39 is 17.1 Å². The summed E-state index contributed by atoms with van der Waals surface area (Å²) in [4.78, 5) is 44.6. The number of thioether (sulfide) groups is 1. The second kappa shape index (κ2) is 9.01.